The Bertz CT molecular complexity index is 1070. The number of carbonyl (C=O) groups is 1. The van der Waals surface area contributed by atoms with E-state index in [0.717, 1.165) is 58.7 Å². The summed E-state index contributed by atoms with van der Waals surface area (Å²) in [6.45, 7) is 3.24. The van der Waals surface area contributed by atoms with Gasteiger partial charge in [-0.1, -0.05) is 0 Å². The van der Waals surface area contributed by atoms with Crippen molar-refractivity contribution in [3.8, 4) is 17.2 Å². The van der Waals surface area contributed by atoms with Gasteiger partial charge in [0.25, 0.3) is 0 Å². The molecule has 0 saturated carbocycles. The van der Waals surface area contributed by atoms with Gasteiger partial charge in [0.05, 0.1) is 26.9 Å². The van der Waals surface area contributed by atoms with E-state index in [-0.39, 0.29) is 6.04 Å². The van der Waals surface area contributed by atoms with Gasteiger partial charge in [-0.15, -0.1) is 11.8 Å². The van der Waals surface area contributed by atoms with Gasteiger partial charge in [-0.05, 0) is 61.2 Å². The topological polar surface area (TPSA) is 63.8 Å². The van der Waals surface area contributed by atoms with Crippen molar-refractivity contribution >= 4 is 29.1 Å². The zero-order chi connectivity index (χ0) is 21.8. The predicted octanol–water partition coefficient (Wildman–Crippen LogP) is 4.82. The fraction of sp³-hybridized carbons (Fsp3) is 0.375. The number of fused-ring (bicyclic) bond motifs is 2. The average molecular weight is 441 g/mol. The highest BCUT2D eigenvalue weighted by molar-refractivity contribution is 7.99. The van der Waals surface area contributed by atoms with Crippen LogP contribution in [0.2, 0.25) is 0 Å². The van der Waals surface area contributed by atoms with E-state index < -0.39 is 0 Å². The van der Waals surface area contributed by atoms with Gasteiger partial charge in [-0.2, -0.15) is 0 Å². The molecule has 1 aromatic heterocycles. The molecule has 6 nitrogen and oxygen atoms in total. The molecule has 0 radical (unpaired) electrons. The molecule has 0 unspecified atom stereocenters. The number of carbonyl (C=O) groups excluding carboxylic acids is 1. The van der Waals surface area contributed by atoms with E-state index >= 15 is 0 Å². The number of rotatable bonds is 9. The van der Waals surface area contributed by atoms with Crippen molar-refractivity contribution in [3.63, 3.8) is 0 Å². The second-order valence-electron chi connectivity index (χ2n) is 7.45. The maximum Gasteiger partial charge on any atom is 0.210 e. The molecule has 2 aromatic carbocycles. The monoisotopic (exact) mass is 440 g/mol. The summed E-state index contributed by atoms with van der Waals surface area (Å²) in [4.78, 5) is 18.2. The number of aromatic nitrogens is 1. The number of ether oxygens (including phenoxy) is 3. The van der Waals surface area contributed by atoms with Crippen LogP contribution in [0.5, 0.6) is 17.2 Å². The molecule has 0 saturated heterocycles. The molecule has 0 bridgehead atoms. The molecular weight excluding hydrogens is 412 g/mol. The molecule has 31 heavy (non-hydrogen) atoms. The predicted molar refractivity (Wildman–Crippen MR) is 124 cm³/mol. The summed E-state index contributed by atoms with van der Waals surface area (Å²) in [5.74, 6) is 3.22. The van der Waals surface area contributed by atoms with Gasteiger partial charge in [-0.3, -0.25) is 4.79 Å². The highest BCUT2D eigenvalue weighted by Gasteiger charge is 2.28. The summed E-state index contributed by atoms with van der Waals surface area (Å²) in [7, 11) is 3.34. The Morgan fingerprint density at radius 3 is 2.81 bits per heavy atom. The van der Waals surface area contributed by atoms with Crippen molar-refractivity contribution in [1.82, 2.24) is 9.88 Å². The van der Waals surface area contributed by atoms with E-state index in [0.29, 0.717) is 13.2 Å². The van der Waals surface area contributed by atoms with E-state index in [1.54, 1.807) is 26.0 Å². The number of nitrogens with one attached hydrogen (secondary N) is 1. The van der Waals surface area contributed by atoms with Crippen LogP contribution in [0, 0.1) is 0 Å². The molecule has 4 rings (SSSR count). The second-order valence-corrected chi connectivity index (χ2v) is 8.58. The smallest absolute Gasteiger partial charge is 0.210 e. The minimum absolute atomic E-state index is 0.0265. The van der Waals surface area contributed by atoms with Crippen molar-refractivity contribution in [2.24, 2.45) is 0 Å². The summed E-state index contributed by atoms with van der Waals surface area (Å²) >= 11 is 1.79. The number of thioether (sulfide) groups is 1. The van der Waals surface area contributed by atoms with Crippen molar-refractivity contribution in [2.45, 2.75) is 30.7 Å². The maximum absolute atomic E-state index is 11.8. The molecule has 164 valence electrons. The first-order valence-corrected chi connectivity index (χ1v) is 11.5. The van der Waals surface area contributed by atoms with Gasteiger partial charge < -0.3 is 24.1 Å². The quantitative estimate of drug-likeness (QED) is 0.382. The Balaban J connectivity index is 1.55. The molecule has 2 heterocycles. The van der Waals surface area contributed by atoms with Gasteiger partial charge >= 0.3 is 0 Å². The molecule has 0 spiro atoms. The summed E-state index contributed by atoms with van der Waals surface area (Å²) in [5, 5.41) is 1.16. The van der Waals surface area contributed by atoms with Gasteiger partial charge in [0.15, 0.2) is 11.5 Å². The Labute approximate surface area is 186 Å². The first-order chi connectivity index (χ1) is 15.2. The molecule has 7 heteroatoms. The lowest BCUT2D eigenvalue weighted by Crippen LogP contribution is -2.34. The third-order valence-electron chi connectivity index (χ3n) is 5.76. The lowest BCUT2D eigenvalue weighted by Gasteiger charge is -2.35. The first kappa shape index (κ1) is 21.4. The second kappa shape index (κ2) is 9.56. The number of methoxy groups -OCH3 is 2. The van der Waals surface area contributed by atoms with Crippen molar-refractivity contribution < 1.29 is 19.0 Å². The number of hydrogen-bond donors (Lipinski definition) is 1. The zero-order valence-electron chi connectivity index (χ0n) is 18.1. The third-order valence-corrected chi connectivity index (χ3v) is 6.85. The number of amides is 1. The van der Waals surface area contributed by atoms with E-state index in [4.69, 9.17) is 14.2 Å². The van der Waals surface area contributed by atoms with Crippen LogP contribution >= 0.6 is 11.8 Å². The summed E-state index contributed by atoms with van der Waals surface area (Å²) in [5.41, 5.74) is 3.48. The number of aromatic amines is 1. The normalized spacial score (nSPS) is 15.6. The standard InChI is InChI=1S/C24H28N2O4S/c1-4-30-23-13-18-16(11-22(23)29-3)7-9-26(15-27)21(18)8-10-31-24-14-25-20-6-5-17(28-2)12-19(20)24/h5-6,11-15,21,25H,4,7-10H2,1-3H3/t21-/m0/s1. The Hall–Kier alpha value is -2.80. The van der Waals surface area contributed by atoms with Gasteiger partial charge in [-0.25, -0.2) is 0 Å². The van der Waals surface area contributed by atoms with E-state index in [1.165, 1.54) is 10.5 Å². The molecule has 0 fully saturated rings. The first-order valence-electron chi connectivity index (χ1n) is 10.5. The van der Waals surface area contributed by atoms with Gasteiger partial charge in [0.2, 0.25) is 6.41 Å². The molecule has 1 amide bonds. The molecular formula is C24H28N2O4S. The summed E-state index contributed by atoms with van der Waals surface area (Å²) < 4.78 is 16.7. The number of nitrogens with zero attached hydrogens (tertiary/aromatic N) is 1. The maximum atomic E-state index is 11.8. The van der Waals surface area contributed by atoms with Crippen molar-refractivity contribution in [3.05, 3.63) is 47.7 Å². The highest BCUT2D eigenvalue weighted by Crippen LogP contribution is 2.40. The number of benzene rings is 2. The highest BCUT2D eigenvalue weighted by atomic mass is 32.2. The van der Waals surface area contributed by atoms with E-state index in [1.807, 2.05) is 30.2 Å². The van der Waals surface area contributed by atoms with Crippen LogP contribution in [0.3, 0.4) is 0 Å². The minimum Gasteiger partial charge on any atom is -0.497 e. The molecule has 0 aliphatic carbocycles. The number of hydrogen-bond acceptors (Lipinski definition) is 5. The lowest BCUT2D eigenvalue weighted by molar-refractivity contribution is -0.120. The van der Waals surface area contributed by atoms with E-state index in [9.17, 15) is 4.79 Å². The van der Waals surface area contributed by atoms with Gasteiger partial charge in [0, 0.05) is 34.3 Å². The molecule has 1 aliphatic heterocycles. The summed E-state index contributed by atoms with van der Waals surface area (Å²) in [6.07, 6.45) is 4.69. The van der Waals surface area contributed by atoms with Crippen LogP contribution in [0.4, 0.5) is 0 Å². The van der Waals surface area contributed by atoms with Crippen LogP contribution in [0.25, 0.3) is 10.9 Å². The fourth-order valence-electron chi connectivity index (χ4n) is 4.20. The SMILES string of the molecule is CCOc1cc2c(cc1OC)CCN(C=O)[C@H]2CCSc1c[nH]c2ccc(OC)cc12. The molecule has 1 N–H and O–H groups in total. The molecule has 3 aromatic rings. The van der Waals surface area contributed by atoms with Crippen LogP contribution in [-0.4, -0.2) is 49.4 Å². The van der Waals surface area contributed by atoms with Gasteiger partial charge in [0.1, 0.15) is 5.75 Å². The van der Waals surface area contributed by atoms with Crippen molar-refractivity contribution in [2.75, 3.05) is 33.1 Å². The fourth-order valence-corrected chi connectivity index (χ4v) is 5.23. The Kier molecular flexibility index (Phi) is 6.61. The zero-order valence-corrected chi connectivity index (χ0v) is 19.0. The number of H-pyrrole nitrogens is 1. The lowest BCUT2D eigenvalue weighted by atomic mass is 9.91. The van der Waals surface area contributed by atoms with Crippen LogP contribution in [0.1, 0.15) is 30.5 Å². The van der Waals surface area contributed by atoms with Crippen molar-refractivity contribution in [1.29, 1.82) is 0 Å². The Morgan fingerprint density at radius 2 is 2.06 bits per heavy atom. The van der Waals surface area contributed by atoms with Crippen LogP contribution < -0.4 is 14.2 Å². The molecule has 1 aliphatic rings. The third kappa shape index (κ3) is 4.32. The summed E-state index contributed by atoms with van der Waals surface area (Å²) in [6, 6.07) is 10.2. The Morgan fingerprint density at radius 1 is 1.19 bits per heavy atom. The minimum atomic E-state index is 0.0265. The van der Waals surface area contributed by atoms with Crippen LogP contribution in [-0.2, 0) is 11.2 Å². The van der Waals surface area contributed by atoms with E-state index in [2.05, 4.69) is 23.2 Å². The average Bonchev–Trinajstić information content (AvgIpc) is 3.21. The largest absolute Gasteiger partial charge is 0.497 e. The van der Waals surface area contributed by atoms with Crippen LogP contribution in [0.15, 0.2) is 41.4 Å². The molecule has 1 atom stereocenters.